The smallest absolute Gasteiger partial charge is 0.237 e. The van der Waals surface area contributed by atoms with E-state index in [1.165, 1.54) is 18.2 Å². The molecule has 0 saturated heterocycles. The standard InChI is InChI=1S/C20H22FN5O2S/c1-3-22-19-12-20(24-14(2)23-19)25-16-8-10-17(11-9-16)26-29(27,28)13-15-6-4-5-7-18(15)21/h4-12,26H,3,13H2,1-2H3,(H2,22,23,24,25). The molecule has 3 rings (SSSR count). The van der Waals surface area contributed by atoms with E-state index in [1.54, 1.807) is 43.3 Å². The van der Waals surface area contributed by atoms with Crippen LogP contribution in [0.2, 0.25) is 0 Å². The minimum Gasteiger partial charge on any atom is -0.370 e. The Balaban J connectivity index is 1.68. The van der Waals surface area contributed by atoms with E-state index in [1.807, 2.05) is 6.92 Å². The summed E-state index contributed by atoms with van der Waals surface area (Å²) in [6, 6.07) is 14.3. The van der Waals surface area contributed by atoms with E-state index in [0.717, 1.165) is 18.1 Å². The van der Waals surface area contributed by atoms with Crippen LogP contribution in [0.4, 0.5) is 27.4 Å². The molecule has 0 aliphatic heterocycles. The first-order valence-electron chi connectivity index (χ1n) is 9.05. The van der Waals surface area contributed by atoms with E-state index in [9.17, 15) is 12.8 Å². The highest BCUT2D eigenvalue weighted by molar-refractivity contribution is 7.91. The normalized spacial score (nSPS) is 11.1. The Kier molecular flexibility index (Phi) is 6.28. The van der Waals surface area contributed by atoms with Crippen molar-refractivity contribution in [2.24, 2.45) is 0 Å². The molecule has 7 nitrogen and oxygen atoms in total. The number of hydrogen-bond acceptors (Lipinski definition) is 6. The summed E-state index contributed by atoms with van der Waals surface area (Å²) in [7, 11) is -3.74. The van der Waals surface area contributed by atoms with E-state index in [4.69, 9.17) is 0 Å². The van der Waals surface area contributed by atoms with Crippen LogP contribution in [0.3, 0.4) is 0 Å². The Hall–Kier alpha value is -3.20. The SMILES string of the molecule is CCNc1cc(Nc2ccc(NS(=O)(=O)Cc3ccccc3F)cc2)nc(C)n1. The van der Waals surface area contributed by atoms with Crippen molar-refractivity contribution in [1.29, 1.82) is 0 Å². The monoisotopic (exact) mass is 415 g/mol. The van der Waals surface area contributed by atoms with Crippen molar-refractivity contribution < 1.29 is 12.8 Å². The van der Waals surface area contributed by atoms with Gasteiger partial charge in [-0.05, 0) is 44.2 Å². The molecule has 0 aliphatic rings. The molecule has 0 spiro atoms. The lowest BCUT2D eigenvalue weighted by Crippen LogP contribution is -2.15. The molecule has 0 bridgehead atoms. The number of hydrogen-bond donors (Lipinski definition) is 3. The van der Waals surface area contributed by atoms with Crippen LogP contribution in [0.1, 0.15) is 18.3 Å². The lowest BCUT2D eigenvalue weighted by atomic mass is 10.2. The van der Waals surface area contributed by atoms with Gasteiger partial charge in [-0.3, -0.25) is 4.72 Å². The second kappa shape index (κ2) is 8.87. The highest BCUT2D eigenvalue weighted by Gasteiger charge is 2.14. The fraction of sp³-hybridized carbons (Fsp3) is 0.200. The van der Waals surface area contributed by atoms with Gasteiger partial charge < -0.3 is 10.6 Å². The van der Waals surface area contributed by atoms with Crippen LogP contribution in [0, 0.1) is 12.7 Å². The van der Waals surface area contributed by atoms with Crippen LogP contribution >= 0.6 is 0 Å². The molecule has 0 atom stereocenters. The van der Waals surface area contributed by atoms with Crippen LogP contribution in [0.15, 0.2) is 54.6 Å². The highest BCUT2D eigenvalue weighted by atomic mass is 32.2. The fourth-order valence-corrected chi connectivity index (χ4v) is 3.92. The number of nitrogens with zero attached hydrogens (tertiary/aromatic N) is 2. The summed E-state index contributed by atoms with van der Waals surface area (Å²) in [5, 5.41) is 6.30. The summed E-state index contributed by atoms with van der Waals surface area (Å²) in [5.74, 6) is 0.993. The van der Waals surface area contributed by atoms with Gasteiger partial charge >= 0.3 is 0 Å². The molecular weight excluding hydrogens is 393 g/mol. The minimum atomic E-state index is -3.74. The minimum absolute atomic E-state index is 0.119. The number of sulfonamides is 1. The van der Waals surface area contributed by atoms with E-state index in [0.29, 0.717) is 17.3 Å². The first kappa shape index (κ1) is 20.5. The largest absolute Gasteiger partial charge is 0.370 e. The Morgan fingerprint density at radius 3 is 2.31 bits per heavy atom. The third-order valence-electron chi connectivity index (χ3n) is 3.93. The lowest BCUT2D eigenvalue weighted by Gasteiger charge is -2.11. The first-order valence-corrected chi connectivity index (χ1v) is 10.7. The predicted molar refractivity (Wildman–Crippen MR) is 113 cm³/mol. The van der Waals surface area contributed by atoms with Crippen LogP contribution in [0.25, 0.3) is 0 Å². The summed E-state index contributed by atoms with van der Waals surface area (Å²) >= 11 is 0. The average Bonchev–Trinajstić information content (AvgIpc) is 2.65. The Morgan fingerprint density at radius 2 is 1.62 bits per heavy atom. The number of benzene rings is 2. The third-order valence-corrected chi connectivity index (χ3v) is 5.17. The van der Waals surface area contributed by atoms with Crippen LogP contribution in [-0.4, -0.2) is 24.9 Å². The van der Waals surface area contributed by atoms with Gasteiger partial charge in [0.15, 0.2) is 0 Å². The molecule has 0 unspecified atom stereocenters. The zero-order valence-electron chi connectivity index (χ0n) is 16.1. The first-order chi connectivity index (χ1) is 13.8. The van der Waals surface area contributed by atoms with Crippen LogP contribution in [0.5, 0.6) is 0 Å². The van der Waals surface area contributed by atoms with Crippen molar-refractivity contribution in [2.45, 2.75) is 19.6 Å². The van der Waals surface area contributed by atoms with Crippen molar-refractivity contribution in [3.05, 3.63) is 71.8 Å². The summed E-state index contributed by atoms with van der Waals surface area (Å²) in [6.07, 6.45) is 0. The molecule has 0 radical (unpaired) electrons. The lowest BCUT2D eigenvalue weighted by molar-refractivity contribution is 0.591. The molecule has 9 heteroatoms. The van der Waals surface area contributed by atoms with Crippen molar-refractivity contribution in [2.75, 3.05) is 21.9 Å². The van der Waals surface area contributed by atoms with Crippen LogP contribution < -0.4 is 15.4 Å². The van der Waals surface area contributed by atoms with E-state index in [-0.39, 0.29) is 5.56 Å². The van der Waals surface area contributed by atoms with Gasteiger partial charge in [0.05, 0.1) is 5.75 Å². The second-order valence-electron chi connectivity index (χ2n) is 6.37. The van der Waals surface area contributed by atoms with Crippen molar-refractivity contribution >= 4 is 33.0 Å². The maximum Gasteiger partial charge on any atom is 0.237 e. The molecule has 0 saturated carbocycles. The zero-order valence-corrected chi connectivity index (χ0v) is 16.9. The van der Waals surface area contributed by atoms with Gasteiger partial charge in [-0.15, -0.1) is 0 Å². The molecule has 0 fully saturated rings. The maximum atomic E-state index is 13.7. The molecule has 3 aromatic rings. The summed E-state index contributed by atoms with van der Waals surface area (Å²) in [5.41, 5.74) is 1.25. The molecule has 3 N–H and O–H groups in total. The molecule has 2 aromatic carbocycles. The topological polar surface area (TPSA) is 96.0 Å². The fourth-order valence-electron chi connectivity index (χ4n) is 2.71. The van der Waals surface area contributed by atoms with Gasteiger partial charge in [0.1, 0.15) is 23.3 Å². The predicted octanol–water partition coefficient (Wildman–Crippen LogP) is 4.04. The maximum absolute atomic E-state index is 13.7. The zero-order chi connectivity index (χ0) is 20.9. The number of aryl methyl sites for hydroxylation is 1. The molecule has 0 aliphatic carbocycles. The van der Waals surface area contributed by atoms with Gasteiger partial charge in [-0.25, -0.2) is 22.8 Å². The molecular formula is C20H22FN5O2S. The average molecular weight is 415 g/mol. The molecule has 0 amide bonds. The number of halogens is 1. The van der Waals surface area contributed by atoms with Crippen LogP contribution in [-0.2, 0) is 15.8 Å². The van der Waals surface area contributed by atoms with Crippen molar-refractivity contribution in [3.8, 4) is 0 Å². The van der Waals surface area contributed by atoms with Gasteiger partial charge in [-0.1, -0.05) is 18.2 Å². The summed E-state index contributed by atoms with van der Waals surface area (Å²) < 4.78 is 40.8. The van der Waals surface area contributed by atoms with Gasteiger partial charge in [0, 0.05) is 29.5 Å². The number of rotatable bonds is 8. The Bertz CT molecular complexity index is 1090. The molecule has 1 aromatic heterocycles. The van der Waals surface area contributed by atoms with Gasteiger partial charge in [0.25, 0.3) is 0 Å². The van der Waals surface area contributed by atoms with Gasteiger partial charge in [-0.2, -0.15) is 0 Å². The highest BCUT2D eigenvalue weighted by Crippen LogP contribution is 2.21. The van der Waals surface area contributed by atoms with Gasteiger partial charge in [0.2, 0.25) is 10.0 Å². The molecule has 29 heavy (non-hydrogen) atoms. The quantitative estimate of drug-likeness (QED) is 0.514. The van der Waals surface area contributed by atoms with E-state index < -0.39 is 21.6 Å². The molecule has 1 heterocycles. The summed E-state index contributed by atoms with van der Waals surface area (Å²) in [6.45, 7) is 4.54. The third kappa shape index (κ3) is 5.89. The Labute approximate surface area is 169 Å². The van der Waals surface area contributed by atoms with E-state index >= 15 is 0 Å². The Morgan fingerprint density at radius 1 is 0.966 bits per heavy atom. The summed E-state index contributed by atoms with van der Waals surface area (Å²) in [4.78, 5) is 8.63. The van der Waals surface area contributed by atoms with E-state index in [2.05, 4.69) is 25.3 Å². The number of nitrogens with one attached hydrogen (secondary N) is 3. The second-order valence-corrected chi connectivity index (χ2v) is 8.09. The molecule has 152 valence electrons. The van der Waals surface area contributed by atoms with Crippen molar-refractivity contribution in [3.63, 3.8) is 0 Å². The number of aromatic nitrogens is 2. The number of anilines is 4. The van der Waals surface area contributed by atoms with Crippen molar-refractivity contribution in [1.82, 2.24) is 9.97 Å².